The maximum Gasteiger partial charge on any atom is 0.241 e. The van der Waals surface area contributed by atoms with Gasteiger partial charge in [-0.3, -0.25) is 14.4 Å². The van der Waals surface area contributed by atoms with Crippen molar-refractivity contribution in [2.75, 3.05) is 11.5 Å². The Morgan fingerprint density at radius 3 is 2.83 bits per heavy atom. The van der Waals surface area contributed by atoms with Gasteiger partial charge in [0.2, 0.25) is 11.8 Å². The lowest BCUT2D eigenvalue weighted by atomic mass is 9.77. The molecule has 118 valence electrons. The highest BCUT2D eigenvalue weighted by Gasteiger charge is 2.67. The summed E-state index contributed by atoms with van der Waals surface area (Å²) in [6, 6.07) is 6.46. The molecule has 23 heavy (non-hydrogen) atoms. The van der Waals surface area contributed by atoms with Gasteiger partial charge < -0.3 is 9.84 Å². The number of ether oxygens (including phenoxy) is 1. The highest BCUT2D eigenvalue weighted by atomic mass is 16.5. The summed E-state index contributed by atoms with van der Waals surface area (Å²) in [5.74, 6) is -2.19. The summed E-state index contributed by atoms with van der Waals surface area (Å²) < 4.78 is 5.68. The van der Waals surface area contributed by atoms with Crippen LogP contribution in [0.25, 0.3) is 0 Å². The van der Waals surface area contributed by atoms with Crippen molar-refractivity contribution in [2.24, 2.45) is 11.8 Å². The number of benzene rings is 1. The monoisotopic (exact) mass is 313 g/mol. The molecule has 3 heterocycles. The predicted octanol–water partition coefficient (Wildman–Crippen LogP) is 0.694. The maximum absolute atomic E-state index is 12.8. The van der Waals surface area contributed by atoms with E-state index >= 15 is 0 Å². The Morgan fingerprint density at radius 1 is 1.35 bits per heavy atom. The summed E-state index contributed by atoms with van der Waals surface area (Å²) in [5, 5.41) is 9.67. The number of anilines is 1. The van der Waals surface area contributed by atoms with Crippen molar-refractivity contribution in [2.45, 2.75) is 18.6 Å². The van der Waals surface area contributed by atoms with Crippen LogP contribution < -0.4 is 4.90 Å². The summed E-state index contributed by atoms with van der Waals surface area (Å²) in [5.41, 5.74) is -0.279. The van der Waals surface area contributed by atoms with Crippen LogP contribution in [0.15, 0.2) is 36.4 Å². The lowest BCUT2D eigenvalue weighted by Crippen LogP contribution is -2.43. The Morgan fingerprint density at radius 2 is 2.13 bits per heavy atom. The van der Waals surface area contributed by atoms with E-state index in [1.807, 2.05) is 0 Å². The molecule has 2 amide bonds. The number of Topliss-reactive ketones (excluding diaryl/α,β-unsaturated/α-hetero) is 1. The van der Waals surface area contributed by atoms with E-state index in [9.17, 15) is 19.5 Å². The number of ketones is 1. The number of carbonyl (C=O) groups is 3. The van der Waals surface area contributed by atoms with Crippen LogP contribution in [-0.2, 0) is 14.3 Å². The van der Waals surface area contributed by atoms with Crippen LogP contribution in [0, 0.1) is 11.8 Å². The molecule has 2 saturated heterocycles. The highest BCUT2D eigenvalue weighted by Crippen LogP contribution is 2.52. The highest BCUT2D eigenvalue weighted by molar-refractivity contribution is 6.23. The molecule has 2 fully saturated rings. The number of hydrogen-bond donors (Lipinski definition) is 1. The van der Waals surface area contributed by atoms with E-state index in [2.05, 4.69) is 0 Å². The number of carbonyl (C=O) groups excluding carboxylic acids is 3. The second-order valence-corrected chi connectivity index (χ2v) is 6.18. The van der Waals surface area contributed by atoms with Crippen molar-refractivity contribution in [1.29, 1.82) is 0 Å². The van der Waals surface area contributed by atoms with E-state index in [1.54, 1.807) is 36.4 Å². The van der Waals surface area contributed by atoms with Crippen LogP contribution in [-0.4, -0.2) is 41.0 Å². The summed E-state index contributed by atoms with van der Waals surface area (Å²) in [4.78, 5) is 38.2. The van der Waals surface area contributed by atoms with Crippen LogP contribution in [0.2, 0.25) is 0 Å². The molecule has 4 rings (SSSR count). The summed E-state index contributed by atoms with van der Waals surface area (Å²) in [6.45, 7) is 1.09. The maximum atomic E-state index is 12.8. The van der Waals surface area contributed by atoms with Gasteiger partial charge in [0.1, 0.15) is 5.60 Å². The van der Waals surface area contributed by atoms with E-state index in [4.69, 9.17) is 4.74 Å². The van der Waals surface area contributed by atoms with E-state index in [0.717, 1.165) is 4.90 Å². The fourth-order valence-electron chi connectivity index (χ4n) is 3.80. The fraction of sp³-hybridized carbons (Fsp3) is 0.353. The Hall–Kier alpha value is -2.31. The molecule has 1 aromatic carbocycles. The van der Waals surface area contributed by atoms with Gasteiger partial charge in [0, 0.05) is 5.56 Å². The first-order valence-corrected chi connectivity index (χ1v) is 7.45. The Balaban J connectivity index is 1.76. The molecule has 0 aliphatic carbocycles. The van der Waals surface area contributed by atoms with E-state index in [0.29, 0.717) is 11.3 Å². The van der Waals surface area contributed by atoms with Gasteiger partial charge in [-0.15, -0.1) is 0 Å². The third-order valence-electron chi connectivity index (χ3n) is 4.91. The number of aliphatic hydroxyl groups is 1. The lowest BCUT2D eigenvalue weighted by molar-refractivity contribution is -0.128. The molecule has 0 radical (unpaired) electrons. The van der Waals surface area contributed by atoms with E-state index in [1.165, 1.54) is 6.92 Å². The lowest BCUT2D eigenvalue weighted by Gasteiger charge is -2.26. The molecule has 1 aromatic rings. The molecule has 0 unspecified atom stereocenters. The zero-order valence-corrected chi connectivity index (χ0v) is 12.4. The average molecular weight is 313 g/mol. The van der Waals surface area contributed by atoms with Crippen molar-refractivity contribution in [3.63, 3.8) is 0 Å². The Labute approximate surface area is 132 Å². The largest absolute Gasteiger partial charge is 0.393 e. The minimum Gasteiger partial charge on any atom is -0.393 e. The first kappa shape index (κ1) is 14.3. The van der Waals surface area contributed by atoms with Crippen molar-refractivity contribution < 1.29 is 24.2 Å². The molecule has 3 aliphatic heterocycles. The van der Waals surface area contributed by atoms with Crippen molar-refractivity contribution in [1.82, 2.24) is 0 Å². The van der Waals surface area contributed by atoms with Crippen LogP contribution in [0.3, 0.4) is 0 Å². The van der Waals surface area contributed by atoms with Crippen molar-refractivity contribution in [3.05, 3.63) is 42.0 Å². The average Bonchev–Trinajstić information content (AvgIpc) is 3.18. The summed E-state index contributed by atoms with van der Waals surface area (Å²) in [6.07, 6.45) is 2.93. The SMILES string of the molecule is CC(=O)c1cccc(N2C(=O)[C@@H]3[C@H]4C=C[C@@](CO)(O4)[C@H]3C2=O)c1. The zero-order chi connectivity index (χ0) is 16.4. The molecular formula is C17H15NO5. The van der Waals surface area contributed by atoms with E-state index in [-0.39, 0.29) is 24.2 Å². The van der Waals surface area contributed by atoms with Gasteiger partial charge in [0.25, 0.3) is 0 Å². The second-order valence-electron chi connectivity index (χ2n) is 6.18. The van der Waals surface area contributed by atoms with Gasteiger partial charge in [-0.05, 0) is 19.1 Å². The van der Waals surface area contributed by atoms with Crippen LogP contribution in [0.1, 0.15) is 17.3 Å². The summed E-state index contributed by atoms with van der Waals surface area (Å²) in [7, 11) is 0. The van der Waals surface area contributed by atoms with Crippen LogP contribution >= 0.6 is 0 Å². The number of nitrogens with zero attached hydrogens (tertiary/aromatic N) is 1. The van der Waals surface area contributed by atoms with Crippen molar-refractivity contribution >= 4 is 23.3 Å². The third-order valence-corrected chi connectivity index (χ3v) is 4.91. The van der Waals surface area contributed by atoms with Gasteiger partial charge in [-0.2, -0.15) is 0 Å². The Kier molecular flexibility index (Phi) is 2.86. The standard InChI is InChI=1S/C17H15NO5/c1-9(20)10-3-2-4-11(7-10)18-15(21)13-12-5-6-17(8-19,23-12)14(13)16(18)22/h2-7,12-14,19H,8H2,1H3/t12-,13-,14-,17+/m1/s1. The molecule has 4 atom stereocenters. The smallest absolute Gasteiger partial charge is 0.241 e. The van der Waals surface area contributed by atoms with Gasteiger partial charge in [0.05, 0.1) is 30.2 Å². The first-order valence-electron chi connectivity index (χ1n) is 7.45. The number of amides is 2. The molecular weight excluding hydrogens is 298 g/mol. The molecule has 0 saturated carbocycles. The van der Waals surface area contributed by atoms with Gasteiger partial charge in [-0.25, -0.2) is 4.90 Å². The molecule has 0 spiro atoms. The minimum atomic E-state index is -1.10. The Bertz CT molecular complexity index is 770. The van der Waals surface area contributed by atoms with Crippen LogP contribution in [0.4, 0.5) is 5.69 Å². The van der Waals surface area contributed by atoms with Gasteiger partial charge >= 0.3 is 0 Å². The zero-order valence-electron chi connectivity index (χ0n) is 12.4. The van der Waals surface area contributed by atoms with Gasteiger partial charge in [-0.1, -0.05) is 24.3 Å². The molecule has 2 bridgehead atoms. The number of imide groups is 1. The second kappa shape index (κ2) is 4.59. The third kappa shape index (κ3) is 1.73. The predicted molar refractivity (Wildman–Crippen MR) is 79.7 cm³/mol. The molecule has 6 nitrogen and oxygen atoms in total. The summed E-state index contributed by atoms with van der Waals surface area (Å²) >= 11 is 0. The topological polar surface area (TPSA) is 83.9 Å². The quantitative estimate of drug-likeness (QED) is 0.504. The van der Waals surface area contributed by atoms with Crippen LogP contribution in [0.5, 0.6) is 0 Å². The molecule has 1 N–H and O–H groups in total. The first-order chi connectivity index (χ1) is 11.0. The molecule has 0 aromatic heterocycles. The number of hydrogen-bond acceptors (Lipinski definition) is 5. The molecule has 3 aliphatic rings. The number of aliphatic hydroxyl groups excluding tert-OH is 1. The normalized spacial score (nSPS) is 34.3. The minimum absolute atomic E-state index is 0.136. The van der Waals surface area contributed by atoms with Gasteiger partial charge in [0.15, 0.2) is 5.78 Å². The van der Waals surface area contributed by atoms with Crippen molar-refractivity contribution in [3.8, 4) is 0 Å². The van der Waals surface area contributed by atoms with E-state index < -0.39 is 23.5 Å². The number of fused-ring (bicyclic) bond motifs is 5. The fourth-order valence-corrected chi connectivity index (χ4v) is 3.80. The molecule has 6 heteroatoms. The number of rotatable bonds is 3.